The molecular weight excluding hydrogens is 172 g/mol. The minimum atomic E-state index is 0.243. The second-order valence-electron chi connectivity index (χ2n) is 5.94. The van der Waals surface area contributed by atoms with Crippen LogP contribution >= 0.6 is 0 Å². The topological polar surface area (TPSA) is 17.1 Å². The highest BCUT2D eigenvalue weighted by atomic mass is 16.1. The quantitative estimate of drug-likeness (QED) is 0.460. The minimum absolute atomic E-state index is 0.243. The fraction of sp³-hybridized carbons (Fsp3) is 0.769. The highest BCUT2D eigenvalue weighted by molar-refractivity contribution is 5.57. The molecule has 2 bridgehead atoms. The standard InChI is InChI=1S/C13H20O/c1-9-5-10-6-12(2,3)13(9,4)7-11(10)8-14/h5,8,10-11H,6-7H2,1-4H3. The Morgan fingerprint density at radius 1 is 1.36 bits per heavy atom. The van der Waals surface area contributed by atoms with Crippen LogP contribution in [0.5, 0.6) is 0 Å². The SMILES string of the molecule is CC1=CC2CC(C)(C)C1(C)CC2C=O. The largest absolute Gasteiger partial charge is 0.303 e. The third-order valence-corrected chi connectivity index (χ3v) is 4.94. The van der Waals surface area contributed by atoms with E-state index in [1.54, 1.807) is 0 Å². The Labute approximate surface area is 86.6 Å². The lowest BCUT2D eigenvalue weighted by Crippen LogP contribution is -2.49. The van der Waals surface area contributed by atoms with Crippen molar-refractivity contribution in [1.82, 2.24) is 0 Å². The van der Waals surface area contributed by atoms with Crippen LogP contribution in [0.4, 0.5) is 0 Å². The maximum absolute atomic E-state index is 11.0. The smallest absolute Gasteiger partial charge is 0.123 e. The zero-order chi connectivity index (χ0) is 10.6. The number of hydrogen-bond acceptors (Lipinski definition) is 1. The molecule has 0 radical (unpaired) electrons. The van der Waals surface area contributed by atoms with E-state index in [0.29, 0.717) is 11.3 Å². The molecule has 1 nitrogen and oxygen atoms in total. The van der Waals surface area contributed by atoms with Crippen molar-refractivity contribution >= 4 is 6.29 Å². The van der Waals surface area contributed by atoms with Gasteiger partial charge >= 0.3 is 0 Å². The van der Waals surface area contributed by atoms with Gasteiger partial charge < -0.3 is 4.79 Å². The third kappa shape index (κ3) is 1.04. The first-order valence-electron chi connectivity index (χ1n) is 5.55. The molecule has 1 fully saturated rings. The summed E-state index contributed by atoms with van der Waals surface area (Å²) in [5.74, 6) is 0.779. The van der Waals surface area contributed by atoms with Gasteiger partial charge in [-0.05, 0) is 36.5 Å². The van der Waals surface area contributed by atoms with Gasteiger partial charge in [0, 0.05) is 5.92 Å². The van der Waals surface area contributed by atoms with Gasteiger partial charge in [0.2, 0.25) is 0 Å². The Bertz CT molecular complexity index is 300. The summed E-state index contributed by atoms with van der Waals surface area (Å²) in [5.41, 5.74) is 2.10. The number of aldehydes is 1. The van der Waals surface area contributed by atoms with Gasteiger partial charge in [-0.1, -0.05) is 32.4 Å². The summed E-state index contributed by atoms with van der Waals surface area (Å²) in [7, 11) is 0. The van der Waals surface area contributed by atoms with Crippen LogP contribution in [0.1, 0.15) is 40.5 Å². The highest BCUT2D eigenvalue weighted by Gasteiger charge is 2.53. The summed E-state index contributed by atoms with van der Waals surface area (Å²) in [6.45, 7) is 9.24. The maximum Gasteiger partial charge on any atom is 0.123 e. The fourth-order valence-electron chi connectivity index (χ4n) is 3.40. The molecule has 0 aromatic rings. The van der Waals surface area contributed by atoms with Crippen LogP contribution in [0.2, 0.25) is 0 Å². The number of allylic oxidation sites excluding steroid dienone is 2. The predicted molar refractivity (Wildman–Crippen MR) is 57.9 cm³/mol. The van der Waals surface area contributed by atoms with E-state index in [1.807, 2.05) is 0 Å². The molecule has 1 saturated carbocycles. The molecule has 0 saturated heterocycles. The van der Waals surface area contributed by atoms with Gasteiger partial charge in [0.05, 0.1) is 0 Å². The Hall–Kier alpha value is -0.590. The Morgan fingerprint density at radius 3 is 2.50 bits per heavy atom. The van der Waals surface area contributed by atoms with Crippen LogP contribution in [0.3, 0.4) is 0 Å². The number of hydrogen-bond donors (Lipinski definition) is 0. The Kier molecular flexibility index (Phi) is 1.93. The lowest BCUT2D eigenvalue weighted by Gasteiger charge is -2.57. The second-order valence-corrected chi connectivity index (χ2v) is 5.94. The van der Waals surface area contributed by atoms with Crippen LogP contribution in [-0.2, 0) is 4.79 Å². The van der Waals surface area contributed by atoms with E-state index in [9.17, 15) is 4.79 Å². The summed E-state index contributed by atoms with van der Waals surface area (Å²) >= 11 is 0. The first-order chi connectivity index (χ1) is 6.40. The molecule has 3 aliphatic rings. The molecule has 0 amide bonds. The minimum Gasteiger partial charge on any atom is -0.303 e. The van der Waals surface area contributed by atoms with Crippen LogP contribution < -0.4 is 0 Å². The second kappa shape index (κ2) is 2.71. The van der Waals surface area contributed by atoms with E-state index in [0.717, 1.165) is 6.42 Å². The summed E-state index contributed by atoms with van der Waals surface area (Å²) < 4.78 is 0. The summed E-state index contributed by atoms with van der Waals surface area (Å²) in [6.07, 6.45) is 5.73. The zero-order valence-electron chi connectivity index (χ0n) is 9.63. The van der Waals surface area contributed by atoms with Crippen molar-refractivity contribution in [3.8, 4) is 0 Å². The van der Waals surface area contributed by atoms with E-state index in [2.05, 4.69) is 33.8 Å². The molecule has 14 heavy (non-hydrogen) atoms. The van der Waals surface area contributed by atoms with Crippen molar-refractivity contribution in [3.05, 3.63) is 11.6 Å². The van der Waals surface area contributed by atoms with Gasteiger partial charge in [-0.15, -0.1) is 0 Å². The van der Waals surface area contributed by atoms with E-state index in [1.165, 1.54) is 18.3 Å². The van der Waals surface area contributed by atoms with Crippen molar-refractivity contribution in [1.29, 1.82) is 0 Å². The maximum atomic E-state index is 11.0. The molecule has 1 heteroatoms. The van der Waals surface area contributed by atoms with Gasteiger partial charge in [-0.2, -0.15) is 0 Å². The molecule has 0 aromatic carbocycles. The zero-order valence-corrected chi connectivity index (χ0v) is 9.63. The van der Waals surface area contributed by atoms with Gasteiger partial charge in [0.15, 0.2) is 0 Å². The fourth-order valence-corrected chi connectivity index (χ4v) is 3.40. The number of rotatable bonds is 1. The number of fused-ring (bicyclic) bond motifs is 2. The molecule has 0 heterocycles. The lowest BCUT2D eigenvalue weighted by molar-refractivity contribution is -0.117. The summed E-state index contributed by atoms with van der Waals surface area (Å²) in [5, 5.41) is 0. The molecule has 0 aromatic heterocycles. The van der Waals surface area contributed by atoms with E-state index in [-0.39, 0.29) is 11.3 Å². The summed E-state index contributed by atoms with van der Waals surface area (Å²) in [6, 6.07) is 0. The molecule has 3 unspecified atom stereocenters. The van der Waals surface area contributed by atoms with Crippen molar-refractivity contribution in [2.75, 3.05) is 0 Å². The highest BCUT2D eigenvalue weighted by Crippen LogP contribution is 2.61. The molecule has 3 rings (SSSR count). The van der Waals surface area contributed by atoms with E-state index >= 15 is 0 Å². The van der Waals surface area contributed by atoms with Crippen molar-refractivity contribution in [2.24, 2.45) is 22.7 Å². The van der Waals surface area contributed by atoms with Crippen molar-refractivity contribution < 1.29 is 4.79 Å². The molecule has 78 valence electrons. The van der Waals surface area contributed by atoms with E-state index < -0.39 is 0 Å². The molecule has 0 N–H and O–H groups in total. The van der Waals surface area contributed by atoms with Crippen molar-refractivity contribution in [3.63, 3.8) is 0 Å². The van der Waals surface area contributed by atoms with Gasteiger partial charge in [0.25, 0.3) is 0 Å². The van der Waals surface area contributed by atoms with Crippen LogP contribution in [0.25, 0.3) is 0 Å². The molecule has 0 spiro atoms. The van der Waals surface area contributed by atoms with Gasteiger partial charge in [0.1, 0.15) is 6.29 Å². The lowest BCUT2D eigenvalue weighted by atomic mass is 9.47. The van der Waals surface area contributed by atoms with E-state index in [4.69, 9.17) is 0 Å². The van der Waals surface area contributed by atoms with Gasteiger partial charge in [-0.3, -0.25) is 0 Å². The monoisotopic (exact) mass is 192 g/mol. The molecule has 0 aliphatic heterocycles. The third-order valence-electron chi connectivity index (χ3n) is 4.94. The predicted octanol–water partition coefficient (Wildman–Crippen LogP) is 3.20. The average molecular weight is 192 g/mol. The number of carbonyl (C=O) groups is 1. The molecular formula is C13H20O. The first-order valence-corrected chi connectivity index (χ1v) is 5.55. The Morgan fingerprint density at radius 2 is 2.00 bits per heavy atom. The average Bonchev–Trinajstić information content (AvgIpc) is 2.08. The number of carbonyl (C=O) groups excluding carboxylic acids is 1. The molecule has 3 aliphatic carbocycles. The first kappa shape index (κ1) is 9.95. The van der Waals surface area contributed by atoms with Crippen LogP contribution in [-0.4, -0.2) is 6.29 Å². The van der Waals surface area contributed by atoms with Crippen LogP contribution in [0.15, 0.2) is 11.6 Å². The normalized spacial score (nSPS) is 44.7. The van der Waals surface area contributed by atoms with Crippen LogP contribution in [0, 0.1) is 22.7 Å². The summed E-state index contributed by atoms with van der Waals surface area (Å²) in [4.78, 5) is 11.0. The van der Waals surface area contributed by atoms with Crippen molar-refractivity contribution in [2.45, 2.75) is 40.5 Å². The van der Waals surface area contributed by atoms with Gasteiger partial charge in [-0.25, -0.2) is 0 Å². The Balaban J connectivity index is 2.46. The molecule has 3 atom stereocenters.